The lowest BCUT2D eigenvalue weighted by Crippen LogP contribution is -2.28. The van der Waals surface area contributed by atoms with Crippen molar-refractivity contribution in [3.05, 3.63) is 34.6 Å². The molecule has 0 spiro atoms. The highest BCUT2D eigenvalue weighted by molar-refractivity contribution is 6.30. The van der Waals surface area contributed by atoms with Crippen LogP contribution in [0.25, 0.3) is 0 Å². The summed E-state index contributed by atoms with van der Waals surface area (Å²) in [7, 11) is 0. The van der Waals surface area contributed by atoms with Crippen molar-refractivity contribution in [1.29, 1.82) is 0 Å². The van der Waals surface area contributed by atoms with Crippen LogP contribution < -0.4 is 5.32 Å². The third-order valence-corrected chi connectivity index (χ3v) is 2.84. The molecule has 0 aliphatic carbocycles. The molecule has 2 N–H and O–H groups in total. The van der Waals surface area contributed by atoms with Gasteiger partial charge in [-0.25, -0.2) is 4.39 Å². The van der Waals surface area contributed by atoms with Gasteiger partial charge in [0.05, 0.1) is 5.02 Å². The van der Waals surface area contributed by atoms with E-state index in [0.29, 0.717) is 6.54 Å². The Hall–Kier alpha value is -0.640. The second kappa shape index (κ2) is 6.84. The largest absolute Gasteiger partial charge is 0.396 e. The van der Waals surface area contributed by atoms with E-state index in [2.05, 4.69) is 12.2 Å². The Morgan fingerprint density at radius 1 is 1.50 bits per heavy atom. The Morgan fingerprint density at radius 3 is 2.81 bits per heavy atom. The molecule has 0 amide bonds. The summed E-state index contributed by atoms with van der Waals surface area (Å²) in [6.07, 6.45) is 1.68. The number of aliphatic hydroxyl groups excluding tert-OH is 1. The summed E-state index contributed by atoms with van der Waals surface area (Å²) in [5.41, 5.74) is 0.947. The smallest absolute Gasteiger partial charge is 0.141 e. The maximum absolute atomic E-state index is 12.9. The topological polar surface area (TPSA) is 32.3 Å². The second-order valence-corrected chi connectivity index (χ2v) is 4.15. The predicted octanol–water partition coefficient (Wildman–Crippen LogP) is 2.73. The van der Waals surface area contributed by atoms with Gasteiger partial charge in [0.15, 0.2) is 0 Å². The summed E-state index contributed by atoms with van der Waals surface area (Å²) >= 11 is 5.68. The average molecular weight is 246 g/mol. The van der Waals surface area contributed by atoms with Crippen LogP contribution in [-0.4, -0.2) is 17.8 Å². The lowest BCUT2D eigenvalue weighted by Gasteiger charge is -2.15. The first kappa shape index (κ1) is 13.4. The van der Waals surface area contributed by atoms with E-state index in [0.717, 1.165) is 18.4 Å². The fourth-order valence-electron chi connectivity index (χ4n) is 1.52. The van der Waals surface area contributed by atoms with E-state index in [-0.39, 0.29) is 17.7 Å². The molecular weight excluding hydrogens is 229 g/mol. The number of aliphatic hydroxyl groups is 1. The molecular formula is C12H17ClFNO. The van der Waals surface area contributed by atoms with Gasteiger partial charge in [0.2, 0.25) is 0 Å². The maximum Gasteiger partial charge on any atom is 0.141 e. The second-order valence-electron chi connectivity index (χ2n) is 3.75. The zero-order valence-corrected chi connectivity index (χ0v) is 10.1. The molecule has 0 heterocycles. The Kier molecular flexibility index (Phi) is 5.74. The Bertz CT molecular complexity index is 333. The fraction of sp³-hybridized carbons (Fsp3) is 0.500. The zero-order chi connectivity index (χ0) is 12.0. The summed E-state index contributed by atoms with van der Waals surface area (Å²) in [5, 5.41) is 12.3. The molecule has 1 atom stereocenters. The number of hydrogen-bond donors (Lipinski definition) is 2. The van der Waals surface area contributed by atoms with Crippen LogP contribution >= 0.6 is 11.6 Å². The molecule has 0 fully saturated rings. The summed E-state index contributed by atoms with van der Waals surface area (Å²) in [4.78, 5) is 0. The molecule has 1 aromatic carbocycles. The van der Waals surface area contributed by atoms with Crippen molar-refractivity contribution in [2.24, 2.45) is 0 Å². The third-order valence-electron chi connectivity index (χ3n) is 2.55. The molecule has 90 valence electrons. The fourth-order valence-corrected chi connectivity index (χ4v) is 1.72. The summed E-state index contributed by atoms with van der Waals surface area (Å²) in [5.74, 6) is -0.396. The van der Waals surface area contributed by atoms with Crippen molar-refractivity contribution in [1.82, 2.24) is 5.32 Å². The lowest BCUT2D eigenvalue weighted by molar-refractivity contribution is 0.262. The number of hydrogen-bond acceptors (Lipinski definition) is 2. The summed E-state index contributed by atoms with van der Waals surface area (Å²) in [6, 6.07) is 4.98. The Morgan fingerprint density at radius 2 is 2.25 bits per heavy atom. The van der Waals surface area contributed by atoms with Gasteiger partial charge in [0.25, 0.3) is 0 Å². The SMILES string of the molecule is CCC(CCO)NCc1ccc(F)c(Cl)c1. The van der Waals surface area contributed by atoms with Crippen molar-refractivity contribution >= 4 is 11.6 Å². The van der Waals surface area contributed by atoms with Gasteiger partial charge in [-0.15, -0.1) is 0 Å². The van der Waals surface area contributed by atoms with E-state index in [1.54, 1.807) is 12.1 Å². The molecule has 1 unspecified atom stereocenters. The van der Waals surface area contributed by atoms with Crippen LogP contribution in [0.5, 0.6) is 0 Å². The van der Waals surface area contributed by atoms with Crippen LogP contribution in [0.1, 0.15) is 25.3 Å². The molecule has 1 aromatic rings. The number of rotatable bonds is 6. The van der Waals surface area contributed by atoms with Crippen LogP contribution in [-0.2, 0) is 6.54 Å². The minimum absolute atomic E-state index is 0.148. The van der Waals surface area contributed by atoms with Gasteiger partial charge in [-0.1, -0.05) is 24.6 Å². The number of nitrogens with one attached hydrogen (secondary N) is 1. The van der Waals surface area contributed by atoms with Crippen molar-refractivity contribution < 1.29 is 9.50 Å². The van der Waals surface area contributed by atoms with E-state index in [4.69, 9.17) is 16.7 Å². The quantitative estimate of drug-likeness (QED) is 0.808. The van der Waals surface area contributed by atoms with Crippen LogP contribution in [0, 0.1) is 5.82 Å². The van der Waals surface area contributed by atoms with Gasteiger partial charge >= 0.3 is 0 Å². The molecule has 2 nitrogen and oxygen atoms in total. The van der Waals surface area contributed by atoms with Crippen LogP contribution in [0.4, 0.5) is 4.39 Å². The monoisotopic (exact) mass is 245 g/mol. The molecule has 1 rings (SSSR count). The molecule has 16 heavy (non-hydrogen) atoms. The standard InChI is InChI=1S/C12H17ClFNO/c1-2-10(5-6-16)15-8-9-3-4-12(14)11(13)7-9/h3-4,7,10,15-16H,2,5-6,8H2,1H3. The first-order chi connectivity index (χ1) is 7.67. The zero-order valence-electron chi connectivity index (χ0n) is 9.34. The van der Waals surface area contributed by atoms with E-state index in [1.165, 1.54) is 6.07 Å². The predicted molar refractivity (Wildman–Crippen MR) is 64.0 cm³/mol. The minimum atomic E-state index is -0.396. The third kappa shape index (κ3) is 4.08. The van der Waals surface area contributed by atoms with Gasteiger partial charge in [-0.05, 0) is 30.5 Å². The van der Waals surface area contributed by atoms with Gasteiger partial charge in [0.1, 0.15) is 5.82 Å². The highest BCUT2D eigenvalue weighted by Crippen LogP contribution is 2.16. The van der Waals surface area contributed by atoms with Crippen molar-refractivity contribution in [2.45, 2.75) is 32.4 Å². The van der Waals surface area contributed by atoms with Crippen molar-refractivity contribution in [3.8, 4) is 0 Å². The Balaban J connectivity index is 2.50. The van der Waals surface area contributed by atoms with Crippen LogP contribution in [0.15, 0.2) is 18.2 Å². The first-order valence-corrected chi connectivity index (χ1v) is 5.83. The van der Waals surface area contributed by atoms with Gasteiger partial charge in [-0.3, -0.25) is 0 Å². The van der Waals surface area contributed by atoms with Crippen LogP contribution in [0.2, 0.25) is 5.02 Å². The molecule has 0 aliphatic rings. The first-order valence-electron chi connectivity index (χ1n) is 5.45. The minimum Gasteiger partial charge on any atom is -0.396 e. The molecule has 0 bridgehead atoms. The molecule has 4 heteroatoms. The van der Waals surface area contributed by atoms with Gasteiger partial charge < -0.3 is 10.4 Å². The molecule has 0 aliphatic heterocycles. The molecule has 0 saturated carbocycles. The van der Waals surface area contributed by atoms with Gasteiger partial charge in [0, 0.05) is 19.2 Å². The maximum atomic E-state index is 12.9. The van der Waals surface area contributed by atoms with Crippen LogP contribution in [0.3, 0.4) is 0 Å². The summed E-state index contributed by atoms with van der Waals surface area (Å²) < 4.78 is 12.9. The molecule has 0 saturated heterocycles. The molecule has 0 aromatic heterocycles. The van der Waals surface area contributed by atoms with E-state index in [1.807, 2.05) is 0 Å². The number of halogens is 2. The van der Waals surface area contributed by atoms with Gasteiger partial charge in [-0.2, -0.15) is 0 Å². The Labute approximate surface area is 100 Å². The van der Waals surface area contributed by atoms with Crippen molar-refractivity contribution in [2.75, 3.05) is 6.61 Å². The highest BCUT2D eigenvalue weighted by atomic mass is 35.5. The molecule has 0 radical (unpaired) electrons. The normalized spacial score (nSPS) is 12.8. The van der Waals surface area contributed by atoms with E-state index < -0.39 is 5.82 Å². The van der Waals surface area contributed by atoms with E-state index in [9.17, 15) is 4.39 Å². The average Bonchev–Trinajstić information content (AvgIpc) is 2.28. The van der Waals surface area contributed by atoms with E-state index >= 15 is 0 Å². The summed E-state index contributed by atoms with van der Waals surface area (Å²) in [6.45, 7) is 2.87. The highest BCUT2D eigenvalue weighted by Gasteiger charge is 2.05. The lowest BCUT2D eigenvalue weighted by atomic mass is 10.1. The van der Waals surface area contributed by atoms with Crippen molar-refractivity contribution in [3.63, 3.8) is 0 Å². The number of benzene rings is 1.